The zero-order valence-electron chi connectivity index (χ0n) is 15.5. The number of hydrogen-bond donors (Lipinski definition) is 0. The van der Waals surface area contributed by atoms with Crippen molar-refractivity contribution in [3.05, 3.63) is 42.1 Å². The molecule has 0 atom stereocenters. The van der Waals surface area contributed by atoms with Gasteiger partial charge in [0.1, 0.15) is 0 Å². The van der Waals surface area contributed by atoms with E-state index < -0.39 is 10.0 Å². The van der Waals surface area contributed by atoms with Crippen LogP contribution in [0.15, 0.2) is 41.4 Å². The summed E-state index contributed by atoms with van der Waals surface area (Å²) in [7, 11) is 0.455. The number of aromatic nitrogens is 2. The van der Waals surface area contributed by atoms with E-state index in [1.165, 1.54) is 0 Å². The lowest BCUT2D eigenvalue weighted by Crippen LogP contribution is -2.49. The molecule has 1 aliphatic rings. The van der Waals surface area contributed by atoms with E-state index in [1.54, 1.807) is 22.6 Å². The molecular formula is C18H25N5O2S. The molecule has 0 amide bonds. The van der Waals surface area contributed by atoms with E-state index in [2.05, 4.69) is 22.0 Å². The Bertz CT molecular complexity index is 844. The van der Waals surface area contributed by atoms with E-state index in [9.17, 15) is 8.42 Å². The summed E-state index contributed by atoms with van der Waals surface area (Å²) in [4.78, 5) is 4.41. The van der Waals surface area contributed by atoms with Crippen molar-refractivity contribution in [1.29, 1.82) is 0 Å². The van der Waals surface area contributed by atoms with Gasteiger partial charge < -0.3 is 9.80 Å². The van der Waals surface area contributed by atoms with Crippen molar-refractivity contribution in [2.45, 2.75) is 18.2 Å². The molecule has 7 nitrogen and oxygen atoms in total. The van der Waals surface area contributed by atoms with Crippen LogP contribution in [0.25, 0.3) is 0 Å². The highest BCUT2D eigenvalue weighted by Crippen LogP contribution is 2.22. The predicted octanol–water partition coefficient (Wildman–Crippen LogP) is 1.62. The van der Waals surface area contributed by atoms with Crippen LogP contribution in [0.1, 0.15) is 12.5 Å². The lowest BCUT2D eigenvalue weighted by Gasteiger charge is -2.34. The highest BCUT2D eigenvalue weighted by Gasteiger charge is 2.29. The second kappa shape index (κ2) is 7.59. The second-order valence-electron chi connectivity index (χ2n) is 6.56. The van der Waals surface area contributed by atoms with Gasteiger partial charge in [0, 0.05) is 46.3 Å². The van der Waals surface area contributed by atoms with Crippen LogP contribution in [-0.4, -0.2) is 63.2 Å². The zero-order chi connectivity index (χ0) is 18.7. The first-order valence-electron chi connectivity index (χ1n) is 8.76. The minimum Gasteiger partial charge on any atom is -0.376 e. The first-order valence-corrected chi connectivity index (χ1v) is 10.2. The van der Waals surface area contributed by atoms with Crippen molar-refractivity contribution in [2.75, 3.05) is 50.1 Å². The number of sulfonamides is 1. The van der Waals surface area contributed by atoms with Crippen LogP contribution < -0.4 is 9.80 Å². The van der Waals surface area contributed by atoms with E-state index in [0.29, 0.717) is 31.1 Å². The number of hydrogen-bond acceptors (Lipinski definition) is 6. The molecule has 26 heavy (non-hydrogen) atoms. The summed E-state index contributed by atoms with van der Waals surface area (Å²) in [5.41, 5.74) is 2.11. The van der Waals surface area contributed by atoms with E-state index in [1.807, 2.05) is 37.2 Å². The topological polar surface area (TPSA) is 69.6 Å². The Morgan fingerprint density at radius 3 is 2.31 bits per heavy atom. The molecule has 0 spiro atoms. The van der Waals surface area contributed by atoms with Crippen molar-refractivity contribution in [1.82, 2.24) is 14.5 Å². The smallest absolute Gasteiger partial charge is 0.243 e. The standard InChI is InChI=1S/C18H25N5O2S/c1-4-15-5-7-17(8-6-15)26(24,25)23-11-9-22(10-12-23)18-13-16(21(2)3)14-19-20-18/h5-8,13-14H,4,9-12H2,1-3H3. The van der Waals surface area contributed by atoms with Gasteiger partial charge in [-0.25, -0.2) is 8.42 Å². The van der Waals surface area contributed by atoms with Gasteiger partial charge in [-0.1, -0.05) is 19.1 Å². The maximum atomic E-state index is 12.8. The third kappa shape index (κ3) is 3.81. The Labute approximate surface area is 155 Å². The van der Waals surface area contributed by atoms with E-state index in [-0.39, 0.29) is 0 Å². The lowest BCUT2D eigenvalue weighted by atomic mass is 10.2. The molecular weight excluding hydrogens is 350 g/mol. The number of rotatable bonds is 5. The molecule has 140 valence electrons. The lowest BCUT2D eigenvalue weighted by molar-refractivity contribution is 0.383. The highest BCUT2D eigenvalue weighted by atomic mass is 32.2. The van der Waals surface area contributed by atoms with Crippen molar-refractivity contribution in [2.24, 2.45) is 0 Å². The molecule has 2 heterocycles. The summed E-state index contributed by atoms with van der Waals surface area (Å²) < 4.78 is 27.2. The molecule has 2 aromatic rings. The van der Waals surface area contributed by atoms with Crippen LogP contribution in [0.5, 0.6) is 0 Å². The van der Waals surface area contributed by atoms with Crippen LogP contribution >= 0.6 is 0 Å². The molecule has 1 saturated heterocycles. The molecule has 3 rings (SSSR count). The molecule has 0 unspecified atom stereocenters. The summed E-state index contributed by atoms with van der Waals surface area (Å²) in [6, 6.07) is 9.14. The van der Waals surface area contributed by atoms with E-state index in [4.69, 9.17) is 0 Å². The summed E-state index contributed by atoms with van der Waals surface area (Å²) in [5.74, 6) is 0.778. The maximum Gasteiger partial charge on any atom is 0.243 e. The summed E-state index contributed by atoms with van der Waals surface area (Å²) in [6.45, 7) is 4.12. The average molecular weight is 375 g/mol. The van der Waals surface area contributed by atoms with Crippen LogP contribution in [0.2, 0.25) is 0 Å². The van der Waals surface area contributed by atoms with E-state index in [0.717, 1.165) is 23.5 Å². The Morgan fingerprint density at radius 1 is 1.08 bits per heavy atom. The van der Waals surface area contributed by atoms with Gasteiger partial charge in [0.05, 0.1) is 16.8 Å². The van der Waals surface area contributed by atoms with Gasteiger partial charge in [-0.2, -0.15) is 9.40 Å². The van der Waals surface area contributed by atoms with Gasteiger partial charge in [0.25, 0.3) is 0 Å². The monoisotopic (exact) mass is 375 g/mol. The average Bonchev–Trinajstić information content (AvgIpc) is 2.68. The first kappa shape index (κ1) is 18.6. The summed E-state index contributed by atoms with van der Waals surface area (Å²) in [6.07, 6.45) is 2.61. The number of aryl methyl sites for hydroxylation is 1. The van der Waals surface area contributed by atoms with Crippen molar-refractivity contribution in [3.63, 3.8) is 0 Å². The minimum atomic E-state index is -3.45. The fourth-order valence-corrected chi connectivity index (χ4v) is 4.37. The Morgan fingerprint density at radius 2 is 1.73 bits per heavy atom. The predicted molar refractivity (Wildman–Crippen MR) is 103 cm³/mol. The fourth-order valence-electron chi connectivity index (χ4n) is 2.95. The third-order valence-corrected chi connectivity index (χ3v) is 6.59. The number of anilines is 2. The second-order valence-corrected chi connectivity index (χ2v) is 8.49. The molecule has 1 aliphatic heterocycles. The largest absolute Gasteiger partial charge is 0.376 e. The molecule has 0 bridgehead atoms. The first-order chi connectivity index (χ1) is 12.4. The van der Waals surface area contributed by atoms with Crippen molar-refractivity contribution < 1.29 is 8.42 Å². The number of piperazine rings is 1. The third-order valence-electron chi connectivity index (χ3n) is 4.68. The molecule has 1 aromatic heterocycles. The summed E-state index contributed by atoms with van der Waals surface area (Å²) >= 11 is 0. The van der Waals surface area contributed by atoms with Crippen LogP contribution in [-0.2, 0) is 16.4 Å². The van der Waals surface area contributed by atoms with Crippen LogP contribution in [0.3, 0.4) is 0 Å². The summed E-state index contributed by atoms with van der Waals surface area (Å²) in [5, 5.41) is 8.24. The van der Waals surface area contributed by atoms with Crippen molar-refractivity contribution >= 4 is 21.5 Å². The fraction of sp³-hybridized carbons (Fsp3) is 0.444. The maximum absolute atomic E-state index is 12.8. The zero-order valence-corrected chi connectivity index (χ0v) is 16.3. The molecule has 0 saturated carbocycles. The van der Waals surface area contributed by atoms with Gasteiger partial charge >= 0.3 is 0 Å². The van der Waals surface area contributed by atoms with Gasteiger partial charge in [0.15, 0.2) is 5.82 Å². The Hall–Kier alpha value is -2.19. The molecule has 0 aliphatic carbocycles. The number of benzene rings is 1. The van der Waals surface area contributed by atoms with E-state index >= 15 is 0 Å². The Kier molecular flexibility index (Phi) is 5.43. The molecule has 0 radical (unpaired) electrons. The highest BCUT2D eigenvalue weighted by molar-refractivity contribution is 7.89. The van der Waals surface area contributed by atoms with Crippen LogP contribution in [0, 0.1) is 0 Å². The van der Waals surface area contributed by atoms with Gasteiger partial charge in [-0.05, 0) is 24.1 Å². The van der Waals surface area contributed by atoms with Gasteiger partial charge in [0.2, 0.25) is 10.0 Å². The number of nitrogens with zero attached hydrogens (tertiary/aromatic N) is 5. The van der Waals surface area contributed by atoms with Gasteiger partial charge in [-0.3, -0.25) is 0 Å². The van der Waals surface area contributed by atoms with Gasteiger partial charge in [-0.15, -0.1) is 5.10 Å². The quantitative estimate of drug-likeness (QED) is 0.791. The SMILES string of the molecule is CCc1ccc(S(=O)(=O)N2CCN(c3cc(N(C)C)cnn3)CC2)cc1. The normalized spacial score (nSPS) is 15.9. The van der Waals surface area contributed by atoms with Crippen LogP contribution in [0.4, 0.5) is 11.5 Å². The molecule has 0 N–H and O–H groups in total. The molecule has 1 aromatic carbocycles. The molecule has 1 fully saturated rings. The Balaban J connectivity index is 1.70. The minimum absolute atomic E-state index is 0.359. The molecule has 8 heteroatoms. The van der Waals surface area contributed by atoms with Crippen molar-refractivity contribution in [3.8, 4) is 0 Å².